The first-order valence-electron chi connectivity index (χ1n) is 6.97. The van der Waals surface area contributed by atoms with Crippen LogP contribution < -0.4 is 0 Å². The van der Waals surface area contributed by atoms with Gasteiger partial charge in [0.1, 0.15) is 0 Å². The number of hydrogen-bond donors (Lipinski definition) is 3. The van der Waals surface area contributed by atoms with Crippen molar-refractivity contribution in [3.8, 4) is 0 Å². The van der Waals surface area contributed by atoms with Gasteiger partial charge in [0.25, 0.3) is 23.6 Å². The number of carboxylic acids is 1. The molecule has 0 bridgehead atoms. The highest BCUT2D eigenvalue weighted by atomic mass is 16.5. The minimum atomic E-state index is -1.96. The third-order valence-electron chi connectivity index (χ3n) is 2.87. The molecule has 0 fully saturated rings. The lowest BCUT2D eigenvalue weighted by molar-refractivity contribution is -0.167. The average Bonchev–Trinajstić information content (AvgIpc) is 3.06. The largest absolute Gasteiger partial charge is 0.478 e. The minimum absolute atomic E-state index is 0.0278. The normalized spacial score (nSPS) is 16.1. The number of carbonyl (C=O) groups excluding carboxylic acids is 4. The van der Waals surface area contributed by atoms with Crippen LogP contribution in [0.15, 0.2) is 24.3 Å². The van der Waals surface area contributed by atoms with Gasteiger partial charge in [-0.2, -0.15) is 0 Å². The van der Waals surface area contributed by atoms with Crippen LogP contribution in [0.25, 0.3) is 0 Å². The molecule has 0 unspecified atom stereocenters. The molecule has 0 saturated heterocycles. The Bertz CT molecular complexity index is 544. The quantitative estimate of drug-likeness (QED) is 0.324. The number of ether oxygens (including phenoxy) is 1. The van der Waals surface area contributed by atoms with E-state index in [4.69, 9.17) is 15.3 Å². The molecule has 2 heterocycles. The third kappa shape index (κ3) is 5.04. The van der Waals surface area contributed by atoms with E-state index in [0.717, 1.165) is 24.3 Å². The predicted molar refractivity (Wildman–Crippen MR) is 78.4 cm³/mol. The van der Waals surface area contributed by atoms with Crippen molar-refractivity contribution >= 4 is 29.6 Å². The van der Waals surface area contributed by atoms with E-state index in [-0.39, 0.29) is 13.2 Å². The van der Waals surface area contributed by atoms with Crippen LogP contribution in [0.4, 0.5) is 0 Å². The lowest BCUT2D eigenvalue weighted by Gasteiger charge is -2.28. The number of imide groups is 2. The molecule has 2 aliphatic heterocycles. The van der Waals surface area contributed by atoms with Gasteiger partial charge in [0.05, 0.1) is 26.4 Å². The summed E-state index contributed by atoms with van der Waals surface area (Å²) in [6.45, 7) is 0.696. The minimum Gasteiger partial charge on any atom is -0.478 e. The Morgan fingerprint density at radius 1 is 0.840 bits per heavy atom. The summed E-state index contributed by atoms with van der Waals surface area (Å²) in [5.41, 5.74) is 0. The lowest BCUT2D eigenvalue weighted by Crippen LogP contribution is -2.57. The average molecular weight is 356 g/mol. The van der Waals surface area contributed by atoms with Crippen LogP contribution >= 0.6 is 0 Å². The van der Waals surface area contributed by atoms with Crippen molar-refractivity contribution in [2.45, 2.75) is 6.17 Å². The molecule has 0 aliphatic carbocycles. The van der Waals surface area contributed by atoms with E-state index in [1.807, 2.05) is 0 Å². The number of carboxylic acid groups (broad SMARTS) is 1. The first kappa shape index (κ1) is 20.2. The van der Waals surface area contributed by atoms with Crippen LogP contribution in [0.2, 0.25) is 0 Å². The Morgan fingerprint density at radius 3 is 1.40 bits per heavy atom. The number of aliphatic hydroxyl groups is 2. The van der Waals surface area contributed by atoms with Crippen molar-refractivity contribution in [1.82, 2.24) is 9.80 Å². The van der Waals surface area contributed by atoms with Crippen molar-refractivity contribution in [2.24, 2.45) is 0 Å². The summed E-state index contributed by atoms with van der Waals surface area (Å²) in [5, 5.41) is 25.2. The molecular formula is C14H16N2O9. The second-order valence-corrected chi connectivity index (χ2v) is 4.53. The second kappa shape index (κ2) is 9.42. The zero-order valence-electron chi connectivity index (χ0n) is 12.9. The van der Waals surface area contributed by atoms with Gasteiger partial charge in [-0.1, -0.05) is 0 Å². The fraction of sp³-hybridized carbons (Fsp3) is 0.357. The van der Waals surface area contributed by atoms with Gasteiger partial charge in [0.15, 0.2) is 0 Å². The van der Waals surface area contributed by atoms with Crippen LogP contribution in [0, 0.1) is 0 Å². The van der Waals surface area contributed by atoms with Crippen molar-refractivity contribution in [3.63, 3.8) is 0 Å². The van der Waals surface area contributed by atoms with Gasteiger partial charge < -0.3 is 20.1 Å². The van der Waals surface area contributed by atoms with E-state index >= 15 is 0 Å². The fourth-order valence-corrected chi connectivity index (χ4v) is 1.87. The maximum Gasteiger partial charge on any atom is 0.348 e. The van der Waals surface area contributed by atoms with Crippen LogP contribution in [-0.2, 0) is 28.7 Å². The highest BCUT2D eigenvalue weighted by Gasteiger charge is 2.45. The zero-order valence-corrected chi connectivity index (χ0v) is 12.9. The van der Waals surface area contributed by atoms with Crippen molar-refractivity contribution in [3.05, 3.63) is 24.3 Å². The lowest BCUT2D eigenvalue weighted by atomic mass is 10.3. The van der Waals surface area contributed by atoms with Gasteiger partial charge in [0, 0.05) is 24.3 Å². The van der Waals surface area contributed by atoms with E-state index in [1.165, 1.54) is 0 Å². The van der Waals surface area contributed by atoms with E-state index in [9.17, 15) is 24.0 Å². The molecule has 0 aromatic rings. The molecular weight excluding hydrogens is 340 g/mol. The number of amides is 4. The van der Waals surface area contributed by atoms with Gasteiger partial charge in [0.2, 0.25) is 6.17 Å². The van der Waals surface area contributed by atoms with Gasteiger partial charge >= 0.3 is 5.97 Å². The number of nitrogens with zero attached hydrogens (tertiary/aromatic N) is 2. The highest BCUT2D eigenvalue weighted by molar-refractivity contribution is 6.18. The summed E-state index contributed by atoms with van der Waals surface area (Å²) in [4.78, 5) is 57.3. The van der Waals surface area contributed by atoms with Gasteiger partial charge in [-0.15, -0.1) is 0 Å². The smallest absolute Gasteiger partial charge is 0.348 e. The molecule has 136 valence electrons. The maximum absolute atomic E-state index is 11.4. The Labute approximate surface area is 141 Å². The Hall–Kier alpha value is -2.89. The summed E-state index contributed by atoms with van der Waals surface area (Å²) in [5.74, 6) is -5.20. The monoisotopic (exact) mass is 356 g/mol. The standard InChI is InChI=1S/C10H6N2O6.C4H10O3/c13-5-1-2-6(14)11(5)9(10(17)18)12-7(15)3-4-8(12)16;5-1-3-7-4-2-6/h1-4,9H,(H,17,18);5-6H,1-4H2. The number of carbonyl (C=O) groups is 5. The fourth-order valence-electron chi connectivity index (χ4n) is 1.87. The first-order chi connectivity index (χ1) is 11.8. The molecule has 0 aromatic carbocycles. The Morgan fingerprint density at radius 2 is 1.16 bits per heavy atom. The SMILES string of the molecule is O=C(O)C(N1C(=O)C=CC1=O)N1C(=O)C=CC1=O.OCCOCCO. The van der Waals surface area contributed by atoms with Crippen molar-refractivity contribution in [1.29, 1.82) is 0 Å². The molecule has 2 rings (SSSR count). The van der Waals surface area contributed by atoms with Gasteiger partial charge in [-0.25, -0.2) is 14.6 Å². The summed E-state index contributed by atoms with van der Waals surface area (Å²) < 4.78 is 4.63. The maximum atomic E-state index is 11.4. The molecule has 3 N–H and O–H groups in total. The molecule has 0 atom stereocenters. The predicted octanol–water partition coefficient (Wildman–Crippen LogP) is -2.77. The number of aliphatic hydroxyl groups excluding tert-OH is 2. The highest BCUT2D eigenvalue weighted by Crippen LogP contribution is 2.17. The summed E-state index contributed by atoms with van der Waals surface area (Å²) in [6.07, 6.45) is 1.52. The molecule has 11 nitrogen and oxygen atoms in total. The topological polar surface area (TPSA) is 162 Å². The summed E-state index contributed by atoms with van der Waals surface area (Å²) >= 11 is 0. The number of rotatable bonds is 7. The van der Waals surface area contributed by atoms with E-state index in [2.05, 4.69) is 4.74 Å². The summed E-state index contributed by atoms with van der Waals surface area (Å²) in [6, 6.07) is 0. The number of aliphatic carboxylic acids is 1. The van der Waals surface area contributed by atoms with Gasteiger partial charge in [-0.3, -0.25) is 19.2 Å². The molecule has 0 spiro atoms. The molecule has 2 aliphatic rings. The Kier molecular flexibility index (Phi) is 7.59. The van der Waals surface area contributed by atoms with Gasteiger partial charge in [-0.05, 0) is 0 Å². The van der Waals surface area contributed by atoms with Crippen molar-refractivity contribution < 1.29 is 44.0 Å². The molecule has 0 saturated carbocycles. The van der Waals surface area contributed by atoms with Crippen LogP contribution in [0.3, 0.4) is 0 Å². The molecule has 11 heteroatoms. The van der Waals surface area contributed by atoms with E-state index in [1.54, 1.807) is 0 Å². The van der Waals surface area contributed by atoms with Crippen LogP contribution in [-0.4, -0.2) is 87.3 Å². The molecule has 25 heavy (non-hydrogen) atoms. The summed E-state index contributed by atoms with van der Waals surface area (Å²) in [7, 11) is 0. The second-order valence-electron chi connectivity index (χ2n) is 4.53. The van der Waals surface area contributed by atoms with E-state index < -0.39 is 35.8 Å². The Balaban J connectivity index is 0.000000381. The zero-order chi connectivity index (χ0) is 19.0. The van der Waals surface area contributed by atoms with Crippen molar-refractivity contribution in [2.75, 3.05) is 26.4 Å². The molecule has 0 radical (unpaired) electrons. The first-order valence-corrected chi connectivity index (χ1v) is 6.97. The number of hydrogen-bond acceptors (Lipinski definition) is 8. The third-order valence-corrected chi connectivity index (χ3v) is 2.87. The molecule has 4 amide bonds. The van der Waals surface area contributed by atoms with Crippen LogP contribution in [0.1, 0.15) is 0 Å². The van der Waals surface area contributed by atoms with E-state index in [0.29, 0.717) is 23.0 Å². The molecule has 0 aromatic heterocycles. The van der Waals surface area contributed by atoms with Crippen LogP contribution in [0.5, 0.6) is 0 Å².